The van der Waals surface area contributed by atoms with Gasteiger partial charge in [0.15, 0.2) is 0 Å². The topological polar surface area (TPSA) is 67.9 Å². The van der Waals surface area contributed by atoms with Gasteiger partial charge in [0.25, 0.3) is 0 Å². The predicted octanol–water partition coefficient (Wildman–Crippen LogP) is 3.83. The Morgan fingerprint density at radius 2 is 1.81 bits per heavy atom. The van der Waals surface area contributed by atoms with Crippen LogP contribution in [0.25, 0.3) is 0 Å². The maximum absolute atomic E-state index is 13.8. The molecule has 0 aromatic heterocycles. The second-order valence-corrected chi connectivity index (χ2v) is 9.29. The number of carbonyl (C=O) groups is 2. The molecule has 1 N–H and O–H groups in total. The number of rotatable bonds is 5. The van der Waals surface area contributed by atoms with Crippen LogP contribution in [0.5, 0.6) is 11.5 Å². The molecule has 1 aliphatic heterocycles. The molecule has 3 atom stereocenters. The predicted molar refractivity (Wildman–Crippen MR) is 122 cm³/mol. The largest absolute Gasteiger partial charge is 0.497 e. The van der Waals surface area contributed by atoms with Crippen LogP contribution >= 0.6 is 0 Å². The molecule has 0 spiro atoms. The standard InChI is InChI=1S/C26H30N2O4/c1-31-21-7-8-22(23(15-21)32-2)27-25(30)26(28-12-10-24(28)29)11-9-19-13-17-5-3-4-6-18(17)14-20(19)16-26/h3-8,15,19-20H,9-14,16H2,1-2H3,(H,27,30)/t19-,20+,26-/m0/s1. The maximum atomic E-state index is 13.8. The van der Waals surface area contributed by atoms with Gasteiger partial charge in [0, 0.05) is 19.0 Å². The summed E-state index contributed by atoms with van der Waals surface area (Å²) in [5.41, 5.74) is 2.63. The molecule has 2 amide bonds. The Morgan fingerprint density at radius 1 is 1.06 bits per heavy atom. The van der Waals surface area contributed by atoms with Gasteiger partial charge in [-0.05, 0) is 67.2 Å². The quantitative estimate of drug-likeness (QED) is 0.727. The Bertz CT molecular complexity index is 1050. The molecule has 3 aliphatic rings. The molecule has 0 unspecified atom stereocenters. The molecular formula is C26H30N2O4. The third-order valence-electron chi connectivity index (χ3n) is 7.72. The average molecular weight is 435 g/mol. The first-order valence-corrected chi connectivity index (χ1v) is 11.4. The summed E-state index contributed by atoms with van der Waals surface area (Å²) in [6.07, 6.45) is 4.94. The zero-order valence-corrected chi connectivity index (χ0v) is 18.7. The molecule has 1 saturated carbocycles. The Kier molecular flexibility index (Phi) is 5.31. The highest BCUT2D eigenvalue weighted by Gasteiger charge is 2.54. The van der Waals surface area contributed by atoms with Gasteiger partial charge < -0.3 is 19.7 Å². The molecule has 2 aromatic carbocycles. The number of nitrogens with zero attached hydrogens (tertiary/aromatic N) is 1. The second-order valence-electron chi connectivity index (χ2n) is 9.29. The van der Waals surface area contributed by atoms with Crippen LogP contribution in [0.15, 0.2) is 42.5 Å². The van der Waals surface area contributed by atoms with Crippen molar-refractivity contribution in [2.24, 2.45) is 11.8 Å². The van der Waals surface area contributed by atoms with Crippen molar-refractivity contribution in [1.82, 2.24) is 4.90 Å². The van der Waals surface area contributed by atoms with Crippen LogP contribution in [-0.2, 0) is 22.4 Å². The summed E-state index contributed by atoms with van der Waals surface area (Å²) >= 11 is 0. The van der Waals surface area contributed by atoms with Crippen LogP contribution in [0.3, 0.4) is 0 Å². The Labute approximate surface area is 188 Å². The van der Waals surface area contributed by atoms with Gasteiger partial charge in [-0.3, -0.25) is 9.59 Å². The van der Waals surface area contributed by atoms with Crippen molar-refractivity contribution in [2.45, 2.75) is 44.1 Å². The summed E-state index contributed by atoms with van der Waals surface area (Å²) in [5, 5.41) is 3.09. The molecule has 2 aromatic rings. The highest BCUT2D eigenvalue weighted by Crippen LogP contribution is 2.48. The summed E-state index contributed by atoms with van der Waals surface area (Å²) in [6, 6.07) is 14.0. The minimum absolute atomic E-state index is 0.0801. The van der Waals surface area contributed by atoms with E-state index in [0.717, 1.165) is 19.3 Å². The van der Waals surface area contributed by atoms with Crippen molar-refractivity contribution in [2.75, 3.05) is 26.1 Å². The fourth-order valence-corrected chi connectivity index (χ4v) is 5.87. The van der Waals surface area contributed by atoms with Crippen molar-refractivity contribution in [1.29, 1.82) is 0 Å². The lowest BCUT2D eigenvalue weighted by Gasteiger charge is -2.53. The van der Waals surface area contributed by atoms with Gasteiger partial charge in [-0.15, -0.1) is 0 Å². The minimum Gasteiger partial charge on any atom is -0.497 e. The van der Waals surface area contributed by atoms with Crippen molar-refractivity contribution < 1.29 is 19.1 Å². The second kappa shape index (κ2) is 8.15. The zero-order chi connectivity index (χ0) is 22.3. The van der Waals surface area contributed by atoms with Gasteiger partial charge in [-0.25, -0.2) is 0 Å². The monoisotopic (exact) mass is 434 g/mol. The molecule has 32 heavy (non-hydrogen) atoms. The SMILES string of the molecule is COc1ccc(NC(=O)[C@]2(N3CCC3=O)CC[C@H]3Cc4ccccc4C[C@@H]3C2)c(OC)c1. The van der Waals surface area contributed by atoms with Crippen LogP contribution in [0.1, 0.15) is 36.8 Å². The fraction of sp³-hybridized carbons (Fsp3) is 0.462. The lowest BCUT2D eigenvalue weighted by atomic mass is 9.62. The molecule has 6 heteroatoms. The molecule has 0 radical (unpaired) electrons. The third-order valence-corrected chi connectivity index (χ3v) is 7.72. The number of methoxy groups -OCH3 is 2. The lowest BCUT2D eigenvalue weighted by molar-refractivity contribution is -0.159. The summed E-state index contributed by atoms with van der Waals surface area (Å²) < 4.78 is 10.8. The van der Waals surface area contributed by atoms with Gasteiger partial charge in [0.05, 0.1) is 19.9 Å². The number of amides is 2. The fourth-order valence-electron chi connectivity index (χ4n) is 5.87. The van der Waals surface area contributed by atoms with E-state index in [1.807, 2.05) is 4.90 Å². The highest BCUT2D eigenvalue weighted by atomic mass is 16.5. The Balaban J connectivity index is 1.44. The molecule has 5 rings (SSSR count). The summed E-state index contributed by atoms with van der Waals surface area (Å²) in [4.78, 5) is 28.2. The van der Waals surface area contributed by atoms with E-state index in [4.69, 9.17) is 9.47 Å². The number of nitrogens with one attached hydrogen (secondary N) is 1. The number of β-lactam (4-membered cyclic amide) rings is 1. The van der Waals surface area contributed by atoms with Gasteiger partial charge in [0.2, 0.25) is 11.8 Å². The van der Waals surface area contributed by atoms with E-state index in [2.05, 4.69) is 29.6 Å². The molecular weight excluding hydrogens is 404 g/mol. The molecule has 6 nitrogen and oxygen atoms in total. The number of fused-ring (bicyclic) bond motifs is 2. The van der Waals surface area contributed by atoms with E-state index in [0.29, 0.717) is 54.8 Å². The number of ether oxygens (including phenoxy) is 2. The van der Waals surface area contributed by atoms with Crippen LogP contribution in [0.2, 0.25) is 0 Å². The molecule has 2 aliphatic carbocycles. The number of likely N-dealkylation sites (tertiary alicyclic amines) is 1. The summed E-state index contributed by atoms with van der Waals surface area (Å²) in [5.74, 6) is 2.15. The van der Waals surface area contributed by atoms with Crippen molar-refractivity contribution >= 4 is 17.5 Å². The van der Waals surface area contributed by atoms with Crippen molar-refractivity contribution in [3.05, 3.63) is 53.6 Å². The number of anilines is 1. The average Bonchev–Trinajstić information content (AvgIpc) is 2.81. The van der Waals surface area contributed by atoms with Crippen LogP contribution in [0.4, 0.5) is 5.69 Å². The highest BCUT2D eigenvalue weighted by molar-refractivity contribution is 6.02. The van der Waals surface area contributed by atoms with E-state index in [-0.39, 0.29) is 11.8 Å². The van der Waals surface area contributed by atoms with Crippen LogP contribution < -0.4 is 14.8 Å². The minimum atomic E-state index is -0.798. The van der Waals surface area contributed by atoms with E-state index in [1.54, 1.807) is 32.4 Å². The summed E-state index contributed by atoms with van der Waals surface area (Å²) in [6.45, 7) is 0.653. The normalized spacial score (nSPS) is 26.4. The number of carbonyl (C=O) groups excluding carboxylic acids is 2. The van der Waals surface area contributed by atoms with Gasteiger partial charge in [-0.1, -0.05) is 24.3 Å². The first-order chi connectivity index (χ1) is 15.5. The van der Waals surface area contributed by atoms with Gasteiger partial charge >= 0.3 is 0 Å². The molecule has 0 bridgehead atoms. The molecule has 1 saturated heterocycles. The van der Waals surface area contributed by atoms with E-state index >= 15 is 0 Å². The molecule has 2 fully saturated rings. The van der Waals surface area contributed by atoms with Gasteiger partial charge in [0.1, 0.15) is 17.0 Å². The smallest absolute Gasteiger partial charge is 0.250 e. The maximum Gasteiger partial charge on any atom is 0.250 e. The van der Waals surface area contributed by atoms with Crippen molar-refractivity contribution in [3.63, 3.8) is 0 Å². The third kappa shape index (κ3) is 3.42. The van der Waals surface area contributed by atoms with Gasteiger partial charge in [-0.2, -0.15) is 0 Å². The number of hydrogen-bond acceptors (Lipinski definition) is 4. The molecule has 1 heterocycles. The zero-order valence-electron chi connectivity index (χ0n) is 18.7. The van der Waals surface area contributed by atoms with Crippen LogP contribution in [0, 0.1) is 11.8 Å². The Hall–Kier alpha value is -3.02. The first-order valence-electron chi connectivity index (χ1n) is 11.4. The summed E-state index contributed by atoms with van der Waals surface area (Å²) in [7, 11) is 3.17. The first kappa shape index (κ1) is 20.9. The number of benzene rings is 2. The number of hydrogen-bond donors (Lipinski definition) is 1. The van der Waals surface area contributed by atoms with Crippen molar-refractivity contribution in [3.8, 4) is 11.5 Å². The Morgan fingerprint density at radius 3 is 2.44 bits per heavy atom. The van der Waals surface area contributed by atoms with E-state index in [9.17, 15) is 9.59 Å². The van der Waals surface area contributed by atoms with Crippen LogP contribution in [-0.4, -0.2) is 43.0 Å². The van der Waals surface area contributed by atoms with E-state index < -0.39 is 5.54 Å². The van der Waals surface area contributed by atoms with E-state index in [1.165, 1.54) is 11.1 Å². The molecule has 168 valence electrons. The lowest BCUT2D eigenvalue weighted by Crippen LogP contribution is -2.66.